The van der Waals surface area contributed by atoms with Gasteiger partial charge in [0.15, 0.2) is 0 Å². The Labute approximate surface area is 114 Å². The minimum Gasteiger partial charge on any atom is -0.496 e. The molecule has 0 fully saturated rings. The molecule has 0 unspecified atom stereocenters. The summed E-state index contributed by atoms with van der Waals surface area (Å²) < 4.78 is 6.87. The lowest BCUT2D eigenvalue weighted by Gasteiger charge is -2.05. The number of nitrogens with zero attached hydrogens (tertiary/aromatic N) is 2. The van der Waals surface area contributed by atoms with Crippen molar-refractivity contribution < 1.29 is 19.6 Å². The number of nitro benzene ring substituents is 1. The number of fused-ring (bicyclic) bond motifs is 1. The van der Waals surface area contributed by atoms with Crippen LogP contribution in [-0.2, 0) is 18.3 Å². The molecule has 0 bridgehead atoms. The Morgan fingerprint density at radius 1 is 1.50 bits per heavy atom. The molecule has 0 aliphatic carbocycles. The molecule has 2 aromatic rings. The summed E-state index contributed by atoms with van der Waals surface area (Å²) in [4.78, 5) is 21.3. The van der Waals surface area contributed by atoms with Crippen LogP contribution in [0.25, 0.3) is 10.9 Å². The standard InChI is InChI=1S/C13H14N2O5/c1-14-7-8(3-6-11(16)17)12-10(20-2)5-4-9(13(12)14)15(18)19/h4-5,7H,3,6H2,1-2H3,(H,16,17). The number of aliphatic carboxylic acids is 1. The van der Waals surface area contributed by atoms with Gasteiger partial charge in [-0.3, -0.25) is 14.9 Å². The van der Waals surface area contributed by atoms with Gasteiger partial charge in [0.25, 0.3) is 5.69 Å². The zero-order valence-corrected chi connectivity index (χ0v) is 11.1. The fourth-order valence-corrected chi connectivity index (χ4v) is 2.34. The lowest BCUT2D eigenvalue weighted by atomic mass is 10.1. The van der Waals surface area contributed by atoms with Crippen LogP contribution in [0, 0.1) is 10.1 Å². The summed E-state index contributed by atoms with van der Waals surface area (Å²) in [7, 11) is 3.17. The summed E-state index contributed by atoms with van der Waals surface area (Å²) in [5.41, 5.74) is 1.14. The average molecular weight is 278 g/mol. The van der Waals surface area contributed by atoms with Gasteiger partial charge in [-0.05, 0) is 18.1 Å². The van der Waals surface area contributed by atoms with Gasteiger partial charge in [0.05, 0.1) is 17.4 Å². The lowest BCUT2D eigenvalue weighted by Crippen LogP contribution is -1.97. The van der Waals surface area contributed by atoms with Crippen LogP contribution < -0.4 is 4.74 Å². The van der Waals surface area contributed by atoms with E-state index in [1.807, 2.05) is 0 Å². The molecule has 1 aromatic heterocycles. The number of ether oxygens (including phenoxy) is 1. The number of carboxylic acids is 1. The molecule has 1 aromatic carbocycles. The third-order valence-electron chi connectivity index (χ3n) is 3.17. The Kier molecular flexibility index (Phi) is 3.60. The molecule has 2 rings (SSSR count). The zero-order valence-electron chi connectivity index (χ0n) is 11.1. The van der Waals surface area contributed by atoms with Crippen molar-refractivity contribution >= 4 is 22.6 Å². The molecule has 7 nitrogen and oxygen atoms in total. The molecule has 106 valence electrons. The average Bonchev–Trinajstić information content (AvgIpc) is 2.73. The molecule has 20 heavy (non-hydrogen) atoms. The molecule has 0 saturated heterocycles. The maximum Gasteiger partial charge on any atom is 0.303 e. The molecule has 0 radical (unpaired) electrons. The van der Waals surface area contributed by atoms with Gasteiger partial charge in [-0.15, -0.1) is 0 Å². The Morgan fingerprint density at radius 3 is 2.75 bits per heavy atom. The van der Waals surface area contributed by atoms with Crippen LogP contribution in [0.5, 0.6) is 5.75 Å². The van der Waals surface area contributed by atoms with E-state index in [9.17, 15) is 14.9 Å². The number of hydrogen-bond acceptors (Lipinski definition) is 4. The summed E-state index contributed by atoms with van der Waals surface area (Å²) in [6.45, 7) is 0. The summed E-state index contributed by atoms with van der Waals surface area (Å²) >= 11 is 0. The van der Waals surface area contributed by atoms with Gasteiger partial charge < -0.3 is 14.4 Å². The quantitative estimate of drug-likeness (QED) is 0.667. The number of aryl methyl sites for hydroxylation is 2. The minimum absolute atomic E-state index is 0.0233. The van der Waals surface area contributed by atoms with E-state index in [1.54, 1.807) is 17.8 Å². The number of aromatic nitrogens is 1. The maximum absolute atomic E-state index is 11.1. The van der Waals surface area contributed by atoms with E-state index in [2.05, 4.69) is 0 Å². The van der Waals surface area contributed by atoms with E-state index in [4.69, 9.17) is 9.84 Å². The highest BCUT2D eigenvalue weighted by Gasteiger charge is 2.21. The van der Waals surface area contributed by atoms with E-state index in [0.29, 0.717) is 23.1 Å². The number of carbonyl (C=O) groups is 1. The van der Waals surface area contributed by atoms with Crippen LogP contribution in [0.4, 0.5) is 5.69 Å². The SMILES string of the molecule is COc1ccc([N+](=O)[O-])c2c1c(CCC(=O)O)cn2C. The number of rotatable bonds is 5. The first-order chi connectivity index (χ1) is 9.45. The predicted octanol–water partition coefficient (Wildman–Crippen LogP) is 2.11. The minimum atomic E-state index is -0.911. The summed E-state index contributed by atoms with van der Waals surface area (Å²) in [5, 5.41) is 20.5. The molecule has 0 atom stereocenters. The van der Waals surface area contributed by atoms with Crippen molar-refractivity contribution in [2.75, 3.05) is 7.11 Å². The van der Waals surface area contributed by atoms with Gasteiger partial charge in [-0.2, -0.15) is 0 Å². The topological polar surface area (TPSA) is 94.6 Å². The molecular weight excluding hydrogens is 264 g/mol. The number of hydrogen-bond donors (Lipinski definition) is 1. The van der Waals surface area contributed by atoms with Crippen molar-refractivity contribution in [1.82, 2.24) is 4.57 Å². The van der Waals surface area contributed by atoms with Crippen molar-refractivity contribution in [3.8, 4) is 5.75 Å². The Balaban J connectivity index is 2.68. The van der Waals surface area contributed by atoms with Crippen LogP contribution in [0.2, 0.25) is 0 Å². The number of nitro groups is 1. The van der Waals surface area contributed by atoms with Crippen LogP contribution in [-0.4, -0.2) is 27.7 Å². The van der Waals surface area contributed by atoms with Crippen molar-refractivity contribution in [3.05, 3.63) is 34.0 Å². The molecule has 0 spiro atoms. The monoisotopic (exact) mass is 278 g/mol. The van der Waals surface area contributed by atoms with E-state index in [1.165, 1.54) is 19.2 Å². The summed E-state index contributed by atoms with van der Waals surface area (Å²) in [6, 6.07) is 2.92. The smallest absolute Gasteiger partial charge is 0.303 e. The van der Waals surface area contributed by atoms with Gasteiger partial charge in [0.2, 0.25) is 0 Å². The van der Waals surface area contributed by atoms with Crippen molar-refractivity contribution in [2.24, 2.45) is 7.05 Å². The Bertz CT molecular complexity index is 690. The second-order valence-corrected chi connectivity index (χ2v) is 4.43. The van der Waals surface area contributed by atoms with Gasteiger partial charge in [0, 0.05) is 25.7 Å². The first-order valence-corrected chi connectivity index (χ1v) is 5.96. The highest BCUT2D eigenvalue weighted by atomic mass is 16.6. The van der Waals surface area contributed by atoms with E-state index in [0.717, 1.165) is 5.56 Å². The largest absolute Gasteiger partial charge is 0.496 e. The molecule has 0 saturated carbocycles. The summed E-state index contributed by atoms with van der Waals surface area (Å²) in [5.74, 6) is -0.405. The van der Waals surface area contributed by atoms with Crippen LogP contribution in [0.15, 0.2) is 18.3 Å². The van der Waals surface area contributed by atoms with E-state index in [-0.39, 0.29) is 12.1 Å². The fourth-order valence-electron chi connectivity index (χ4n) is 2.34. The highest BCUT2D eigenvalue weighted by Crippen LogP contribution is 2.36. The predicted molar refractivity (Wildman–Crippen MR) is 72.1 cm³/mol. The third-order valence-corrected chi connectivity index (χ3v) is 3.17. The molecular formula is C13H14N2O5. The van der Waals surface area contributed by atoms with Crippen LogP contribution in [0.1, 0.15) is 12.0 Å². The second-order valence-electron chi connectivity index (χ2n) is 4.43. The Morgan fingerprint density at radius 2 is 2.20 bits per heavy atom. The van der Waals surface area contributed by atoms with Gasteiger partial charge in [-0.25, -0.2) is 0 Å². The normalized spacial score (nSPS) is 10.7. The highest BCUT2D eigenvalue weighted by molar-refractivity contribution is 5.96. The van der Waals surface area contributed by atoms with Crippen LogP contribution >= 0.6 is 0 Å². The van der Waals surface area contributed by atoms with Crippen molar-refractivity contribution in [3.63, 3.8) is 0 Å². The maximum atomic E-state index is 11.1. The fraction of sp³-hybridized carbons (Fsp3) is 0.308. The van der Waals surface area contributed by atoms with E-state index < -0.39 is 10.9 Å². The number of carboxylic acid groups (broad SMARTS) is 1. The van der Waals surface area contributed by atoms with Crippen molar-refractivity contribution in [1.29, 1.82) is 0 Å². The third kappa shape index (κ3) is 2.29. The van der Waals surface area contributed by atoms with Gasteiger partial charge >= 0.3 is 5.97 Å². The second kappa shape index (κ2) is 5.20. The molecule has 1 heterocycles. The van der Waals surface area contributed by atoms with E-state index >= 15 is 0 Å². The van der Waals surface area contributed by atoms with Gasteiger partial charge in [0.1, 0.15) is 11.3 Å². The van der Waals surface area contributed by atoms with Crippen LogP contribution in [0.3, 0.4) is 0 Å². The molecule has 0 aliphatic heterocycles. The summed E-state index contributed by atoms with van der Waals surface area (Å²) in [6.07, 6.45) is 1.97. The van der Waals surface area contributed by atoms with Crippen molar-refractivity contribution in [2.45, 2.75) is 12.8 Å². The number of benzene rings is 1. The number of methoxy groups -OCH3 is 1. The molecule has 0 amide bonds. The molecule has 1 N–H and O–H groups in total. The zero-order chi connectivity index (χ0) is 14.9. The Hall–Kier alpha value is -2.57. The first-order valence-electron chi connectivity index (χ1n) is 5.96. The number of non-ortho nitro benzene ring substituents is 1. The molecule has 0 aliphatic rings. The van der Waals surface area contributed by atoms with Gasteiger partial charge in [-0.1, -0.05) is 0 Å². The lowest BCUT2D eigenvalue weighted by molar-refractivity contribution is -0.383. The first kappa shape index (κ1) is 13.9. The molecule has 7 heteroatoms.